The van der Waals surface area contributed by atoms with Gasteiger partial charge in [-0.2, -0.15) is 0 Å². The Balaban J connectivity index is 1.83. The Morgan fingerprint density at radius 2 is 2.00 bits per heavy atom. The third-order valence-electron chi connectivity index (χ3n) is 4.60. The Morgan fingerprint density at radius 3 is 2.70 bits per heavy atom. The second-order valence-corrected chi connectivity index (χ2v) is 5.96. The molecule has 0 radical (unpaired) electrons. The number of nitrogens with one attached hydrogen (secondary N) is 2. The van der Waals surface area contributed by atoms with Gasteiger partial charge in [-0.3, -0.25) is 9.59 Å². The van der Waals surface area contributed by atoms with Crippen LogP contribution in [0.25, 0.3) is 0 Å². The molecule has 2 rings (SSSR count). The van der Waals surface area contributed by atoms with Crippen LogP contribution in [-0.2, 0) is 9.59 Å². The molecule has 0 aromatic heterocycles. The van der Waals surface area contributed by atoms with E-state index in [-0.39, 0.29) is 17.9 Å². The summed E-state index contributed by atoms with van der Waals surface area (Å²) in [6, 6.07) is -0.340. The van der Waals surface area contributed by atoms with Crippen LogP contribution < -0.4 is 10.6 Å². The average molecular weight is 281 g/mol. The van der Waals surface area contributed by atoms with Gasteiger partial charge in [0.05, 0.1) is 0 Å². The van der Waals surface area contributed by atoms with Crippen LogP contribution in [0.5, 0.6) is 0 Å². The van der Waals surface area contributed by atoms with Crippen molar-refractivity contribution in [2.75, 3.05) is 26.7 Å². The molecule has 0 aromatic rings. The molecule has 1 unspecified atom stereocenters. The van der Waals surface area contributed by atoms with Crippen molar-refractivity contribution in [2.24, 2.45) is 5.92 Å². The number of carbonyl (C=O) groups is 2. The van der Waals surface area contributed by atoms with Gasteiger partial charge < -0.3 is 15.5 Å². The first-order valence-corrected chi connectivity index (χ1v) is 7.94. The molecule has 1 saturated heterocycles. The Hall–Kier alpha value is -1.10. The topological polar surface area (TPSA) is 61.4 Å². The molecular weight excluding hydrogens is 254 g/mol. The lowest BCUT2D eigenvalue weighted by molar-refractivity contribution is -0.141. The third kappa shape index (κ3) is 3.95. The summed E-state index contributed by atoms with van der Waals surface area (Å²) in [7, 11) is 1.63. The number of hydrogen-bond donors (Lipinski definition) is 2. The highest BCUT2D eigenvalue weighted by Gasteiger charge is 2.31. The van der Waals surface area contributed by atoms with Gasteiger partial charge in [-0.25, -0.2) is 0 Å². The second kappa shape index (κ2) is 7.62. The smallest absolute Gasteiger partial charge is 0.243 e. The third-order valence-corrected chi connectivity index (χ3v) is 4.60. The summed E-state index contributed by atoms with van der Waals surface area (Å²) in [5, 5.41) is 5.84. The summed E-state index contributed by atoms with van der Waals surface area (Å²) in [5.74, 6) is 0.794. The van der Waals surface area contributed by atoms with Crippen LogP contribution in [0.2, 0.25) is 0 Å². The molecule has 2 fully saturated rings. The summed E-state index contributed by atoms with van der Waals surface area (Å²) in [4.78, 5) is 26.0. The maximum atomic E-state index is 12.4. The SMILES string of the molecule is CNC(=O)C1CNCCN1C(=O)CCC1CCCCC1. The van der Waals surface area contributed by atoms with E-state index in [1.54, 1.807) is 11.9 Å². The van der Waals surface area contributed by atoms with Crippen molar-refractivity contribution in [1.82, 2.24) is 15.5 Å². The molecule has 0 aromatic carbocycles. The predicted molar refractivity (Wildman–Crippen MR) is 78.2 cm³/mol. The normalized spacial score (nSPS) is 24.4. The molecule has 2 amide bonds. The molecule has 1 saturated carbocycles. The van der Waals surface area contributed by atoms with Gasteiger partial charge in [-0.15, -0.1) is 0 Å². The molecule has 5 heteroatoms. The van der Waals surface area contributed by atoms with Crippen LogP contribution in [0, 0.1) is 5.92 Å². The van der Waals surface area contributed by atoms with E-state index in [9.17, 15) is 9.59 Å². The van der Waals surface area contributed by atoms with Crippen molar-refractivity contribution < 1.29 is 9.59 Å². The molecule has 1 atom stereocenters. The van der Waals surface area contributed by atoms with Crippen molar-refractivity contribution in [1.29, 1.82) is 0 Å². The maximum absolute atomic E-state index is 12.4. The van der Waals surface area contributed by atoms with Gasteiger partial charge in [0.1, 0.15) is 6.04 Å². The predicted octanol–water partition coefficient (Wildman–Crippen LogP) is 0.893. The van der Waals surface area contributed by atoms with Crippen molar-refractivity contribution in [2.45, 2.75) is 51.0 Å². The van der Waals surface area contributed by atoms with Gasteiger partial charge in [0.2, 0.25) is 11.8 Å². The summed E-state index contributed by atoms with van der Waals surface area (Å²) in [6.07, 6.45) is 8.10. The molecule has 2 N–H and O–H groups in total. The van der Waals surface area contributed by atoms with Crippen LogP contribution >= 0.6 is 0 Å². The number of nitrogens with zero attached hydrogens (tertiary/aromatic N) is 1. The minimum absolute atomic E-state index is 0.0665. The van der Waals surface area contributed by atoms with Gasteiger partial charge in [-0.1, -0.05) is 32.1 Å². The molecule has 5 nitrogen and oxygen atoms in total. The van der Waals surface area contributed by atoms with E-state index in [1.807, 2.05) is 0 Å². The quantitative estimate of drug-likeness (QED) is 0.804. The van der Waals surface area contributed by atoms with Crippen molar-refractivity contribution in [3.63, 3.8) is 0 Å². The van der Waals surface area contributed by atoms with Gasteiger partial charge in [0.15, 0.2) is 0 Å². The fourth-order valence-corrected chi connectivity index (χ4v) is 3.35. The molecule has 1 heterocycles. The molecule has 0 spiro atoms. The maximum Gasteiger partial charge on any atom is 0.243 e. The van der Waals surface area contributed by atoms with Gasteiger partial charge in [0.25, 0.3) is 0 Å². The van der Waals surface area contributed by atoms with Crippen molar-refractivity contribution >= 4 is 11.8 Å². The number of amides is 2. The van der Waals surface area contributed by atoms with E-state index in [2.05, 4.69) is 10.6 Å². The molecule has 0 bridgehead atoms. The highest BCUT2D eigenvalue weighted by Crippen LogP contribution is 2.27. The molecule has 114 valence electrons. The zero-order valence-corrected chi connectivity index (χ0v) is 12.5. The number of hydrogen-bond acceptors (Lipinski definition) is 3. The lowest BCUT2D eigenvalue weighted by Crippen LogP contribution is -2.59. The van der Waals surface area contributed by atoms with Crippen molar-refractivity contribution in [3.8, 4) is 0 Å². The number of rotatable bonds is 4. The summed E-state index contributed by atoms with van der Waals surface area (Å²) >= 11 is 0. The lowest BCUT2D eigenvalue weighted by Gasteiger charge is -2.35. The minimum atomic E-state index is -0.340. The Labute approximate surface area is 121 Å². The van der Waals surface area contributed by atoms with E-state index >= 15 is 0 Å². The summed E-state index contributed by atoms with van der Waals surface area (Å²) in [6.45, 7) is 1.99. The van der Waals surface area contributed by atoms with Crippen LogP contribution in [0.1, 0.15) is 44.9 Å². The average Bonchev–Trinajstić information content (AvgIpc) is 2.52. The largest absolute Gasteiger partial charge is 0.357 e. The Bertz CT molecular complexity index is 340. The van der Waals surface area contributed by atoms with Crippen LogP contribution in [-0.4, -0.2) is 49.4 Å². The Morgan fingerprint density at radius 1 is 1.25 bits per heavy atom. The fourth-order valence-electron chi connectivity index (χ4n) is 3.35. The number of carbonyl (C=O) groups excluding carboxylic acids is 2. The molecule has 2 aliphatic rings. The first-order valence-electron chi connectivity index (χ1n) is 7.94. The van der Waals surface area contributed by atoms with E-state index in [0.29, 0.717) is 25.4 Å². The minimum Gasteiger partial charge on any atom is -0.357 e. The monoisotopic (exact) mass is 281 g/mol. The van der Waals surface area contributed by atoms with Gasteiger partial charge >= 0.3 is 0 Å². The van der Waals surface area contributed by atoms with Gasteiger partial charge in [-0.05, 0) is 12.3 Å². The van der Waals surface area contributed by atoms with Gasteiger partial charge in [0, 0.05) is 33.1 Å². The zero-order valence-electron chi connectivity index (χ0n) is 12.5. The van der Waals surface area contributed by atoms with Crippen LogP contribution in [0.3, 0.4) is 0 Å². The highest BCUT2D eigenvalue weighted by molar-refractivity contribution is 5.88. The van der Waals surface area contributed by atoms with E-state index in [1.165, 1.54) is 32.1 Å². The number of likely N-dealkylation sites (N-methyl/N-ethyl adjacent to an activating group) is 1. The van der Waals surface area contributed by atoms with E-state index < -0.39 is 0 Å². The molecule has 1 aliphatic carbocycles. The highest BCUT2D eigenvalue weighted by atomic mass is 16.2. The van der Waals surface area contributed by atoms with Crippen LogP contribution in [0.15, 0.2) is 0 Å². The fraction of sp³-hybridized carbons (Fsp3) is 0.867. The number of piperazine rings is 1. The molecule has 20 heavy (non-hydrogen) atoms. The first kappa shape index (κ1) is 15.3. The first-order chi connectivity index (χ1) is 9.72. The Kier molecular flexibility index (Phi) is 5.83. The standard InChI is InChI=1S/C15H27N3O2/c1-16-15(20)13-11-17-9-10-18(13)14(19)8-7-12-5-3-2-4-6-12/h12-13,17H,2-11H2,1H3,(H,16,20). The van der Waals surface area contributed by atoms with E-state index in [0.717, 1.165) is 13.0 Å². The van der Waals surface area contributed by atoms with Crippen LogP contribution in [0.4, 0.5) is 0 Å². The van der Waals surface area contributed by atoms with Crippen molar-refractivity contribution in [3.05, 3.63) is 0 Å². The van der Waals surface area contributed by atoms with E-state index in [4.69, 9.17) is 0 Å². The zero-order chi connectivity index (χ0) is 14.4. The second-order valence-electron chi connectivity index (χ2n) is 5.96. The molecule has 1 aliphatic heterocycles. The summed E-state index contributed by atoms with van der Waals surface area (Å²) in [5.41, 5.74) is 0. The summed E-state index contributed by atoms with van der Waals surface area (Å²) < 4.78 is 0. The lowest BCUT2D eigenvalue weighted by atomic mass is 9.86. The molecular formula is C15H27N3O2.